The third-order valence-corrected chi connectivity index (χ3v) is 2.78. The third kappa shape index (κ3) is 6.05. The number of carbonyl (C=O) groups is 1. The second-order valence-corrected chi connectivity index (χ2v) is 6.20. The lowest BCUT2D eigenvalue weighted by molar-refractivity contribution is 0.0466. The Morgan fingerprint density at radius 1 is 1.28 bits per heavy atom. The Balaban J connectivity index is 2.12. The van der Waals surface area contributed by atoms with Crippen LogP contribution in [0.25, 0.3) is 0 Å². The van der Waals surface area contributed by atoms with Crippen LogP contribution >= 0.6 is 0 Å². The van der Waals surface area contributed by atoms with E-state index >= 15 is 0 Å². The predicted molar refractivity (Wildman–Crippen MR) is 73.6 cm³/mol. The van der Waals surface area contributed by atoms with E-state index in [0.717, 1.165) is 19.4 Å². The smallest absolute Gasteiger partial charge is 0.407 e. The van der Waals surface area contributed by atoms with Crippen molar-refractivity contribution in [2.45, 2.75) is 65.1 Å². The molecule has 2 N–H and O–H groups in total. The summed E-state index contributed by atoms with van der Waals surface area (Å²) in [6.07, 6.45) is 3.83. The van der Waals surface area contributed by atoms with Gasteiger partial charge in [0.25, 0.3) is 0 Å². The zero-order valence-corrected chi connectivity index (χ0v) is 12.2. The first-order chi connectivity index (χ1) is 8.26. The number of rotatable bonds is 4. The zero-order chi connectivity index (χ0) is 13.8. The molecule has 0 spiro atoms. The highest BCUT2D eigenvalue weighted by Gasteiger charge is 2.30. The fourth-order valence-corrected chi connectivity index (χ4v) is 1.81. The summed E-state index contributed by atoms with van der Waals surface area (Å²) in [5.74, 6) is 0. The lowest BCUT2D eigenvalue weighted by Gasteiger charge is -2.36. The number of amides is 1. The molecule has 0 saturated heterocycles. The van der Waals surface area contributed by atoms with Crippen molar-refractivity contribution in [3.05, 3.63) is 11.6 Å². The van der Waals surface area contributed by atoms with Crippen LogP contribution in [0, 0.1) is 0 Å². The summed E-state index contributed by atoms with van der Waals surface area (Å²) in [4.78, 5) is 11.5. The van der Waals surface area contributed by atoms with Crippen molar-refractivity contribution >= 4 is 6.09 Å². The topological polar surface area (TPSA) is 50.4 Å². The van der Waals surface area contributed by atoms with Gasteiger partial charge in [-0.1, -0.05) is 11.6 Å². The van der Waals surface area contributed by atoms with Crippen molar-refractivity contribution < 1.29 is 9.53 Å². The highest BCUT2D eigenvalue weighted by atomic mass is 16.6. The Bertz CT molecular complexity index is 308. The summed E-state index contributed by atoms with van der Waals surface area (Å²) in [6.45, 7) is 10.7. The van der Waals surface area contributed by atoms with Crippen LogP contribution in [0.1, 0.15) is 47.5 Å². The molecule has 1 aliphatic carbocycles. The van der Waals surface area contributed by atoms with E-state index < -0.39 is 5.60 Å². The third-order valence-electron chi connectivity index (χ3n) is 2.78. The van der Waals surface area contributed by atoms with Gasteiger partial charge < -0.3 is 15.4 Å². The second kappa shape index (κ2) is 6.23. The van der Waals surface area contributed by atoms with Gasteiger partial charge >= 0.3 is 6.09 Å². The maximum absolute atomic E-state index is 11.5. The van der Waals surface area contributed by atoms with E-state index in [-0.39, 0.29) is 12.1 Å². The maximum Gasteiger partial charge on any atom is 0.407 e. The number of hydrogen-bond donors (Lipinski definition) is 2. The minimum absolute atomic E-state index is 0.254. The van der Waals surface area contributed by atoms with E-state index in [0.29, 0.717) is 6.04 Å². The number of nitrogens with one attached hydrogen (secondary N) is 2. The quantitative estimate of drug-likeness (QED) is 0.758. The monoisotopic (exact) mass is 254 g/mol. The van der Waals surface area contributed by atoms with Crippen LogP contribution in [-0.4, -0.2) is 30.3 Å². The van der Waals surface area contributed by atoms with Crippen LogP contribution < -0.4 is 10.6 Å². The summed E-state index contributed by atoms with van der Waals surface area (Å²) < 4.78 is 5.21. The number of carbonyl (C=O) groups excluding carboxylic acids is 1. The SMILES string of the molecule is CC(C)=CCNC1CC(NC(=O)OC(C)(C)C)C1. The van der Waals surface area contributed by atoms with Gasteiger partial charge in [0.2, 0.25) is 0 Å². The van der Waals surface area contributed by atoms with Crippen molar-refractivity contribution in [3.63, 3.8) is 0 Å². The molecule has 0 bridgehead atoms. The van der Waals surface area contributed by atoms with Crippen molar-refractivity contribution in [2.24, 2.45) is 0 Å². The Morgan fingerprint density at radius 2 is 1.89 bits per heavy atom. The van der Waals surface area contributed by atoms with Gasteiger partial charge in [0, 0.05) is 18.6 Å². The number of ether oxygens (including phenoxy) is 1. The van der Waals surface area contributed by atoms with Crippen LogP contribution in [0.2, 0.25) is 0 Å². The summed E-state index contributed by atoms with van der Waals surface area (Å²) in [6, 6.07) is 0.768. The highest BCUT2D eigenvalue weighted by molar-refractivity contribution is 5.68. The van der Waals surface area contributed by atoms with Crippen LogP contribution in [-0.2, 0) is 4.74 Å². The molecule has 0 aromatic carbocycles. The molecule has 1 amide bonds. The number of hydrogen-bond acceptors (Lipinski definition) is 3. The van der Waals surface area contributed by atoms with Crippen LogP contribution in [0.4, 0.5) is 4.79 Å². The van der Waals surface area contributed by atoms with Crippen molar-refractivity contribution in [2.75, 3.05) is 6.54 Å². The molecular weight excluding hydrogens is 228 g/mol. The molecule has 1 aliphatic rings. The molecule has 0 radical (unpaired) electrons. The van der Waals surface area contributed by atoms with Gasteiger partial charge in [0.1, 0.15) is 5.60 Å². The molecule has 0 aliphatic heterocycles. The van der Waals surface area contributed by atoms with E-state index in [1.165, 1.54) is 5.57 Å². The Labute approximate surface area is 110 Å². The molecule has 4 nitrogen and oxygen atoms in total. The summed E-state index contributed by atoms with van der Waals surface area (Å²) in [7, 11) is 0. The van der Waals surface area contributed by atoms with E-state index in [1.807, 2.05) is 20.8 Å². The minimum atomic E-state index is -0.422. The van der Waals surface area contributed by atoms with Gasteiger partial charge in [0.05, 0.1) is 0 Å². The average Bonchev–Trinajstić information content (AvgIpc) is 2.09. The molecule has 4 heteroatoms. The molecular formula is C14H26N2O2. The predicted octanol–water partition coefficient (Wildman–Crippen LogP) is 2.60. The van der Waals surface area contributed by atoms with Crippen molar-refractivity contribution in [3.8, 4) is 0 Å². The number of alkyl carbamates (subject to hydrolysis) is 1. The Hall–Kier alpha value is -1.03. The Morgan fingerprint density at radius 3 is 2.39 bits per heavy atom. The molecule has 0 aromatic heterocycles. The Kier molecular flexibility index (Phi) is 5.20. The largest absolute Gasteiger partial charge is 0.444 e. The van der Waals surface area contributed by atoms with Gasteiger partial charge in [-0.3, -0.25) is 0 Å². The first-order valence-electron chi connectivity index (χ1n) is 6.62. The van der Waals surface area contributed by atoms with E-state index in [1.54, 1.807) is 0 Å². The van der Waals surface area contributed by atoms with E-state index in [4.69, 9.17) is 4.74 Å². The van der Waals surface area contributed by atoms with Crippen molar-refractivity contribution in [1.82, 2.24) is 10.6 Å². The first-order valence-corrected chi connectivity index (χ1v) is 6.62. The zero-order valence-electron chi connectivity index (χ0n) is 12.2. The van der Waals surface area contributed by atoms with Crippen molar-refractivity contribution in [1.29, 1.82) is 0 Å². The fraction of sp³-hybridized carbons (Fsp3) is 0.786. The molecule has 1 fully saturated rings. The van der Waals surface area contributed by atoms with Gasteiger partial charge in [-0.15, -0.1) is 0 Å². The fourth-order valence-electron chi connectivity index (χ4n) is 1.81. The molecule has 0 atom stereocenters. The maximum atomic E-state index is 11.5. The lowest BCUT2D eigenvalue weighted by Crippen LogP contribution is -2.53. The molecule has 1 rings (SSSR count). The second-order valence-electron chi connectivity index (χ2n) is 6.20. The van der Waals surface area contributed by atoms with E-state index in [9.17, 15) is 4.79 Å². The lowest BCUT2D eigenvalue weighted by atomic mass is 9.87. The summed E-state index contributed by atoms with van der Waals surface area (Å²) in [5, 5.41) is 6.32. The number of allylic oxidation sites excluding steroid dienone is 1. The van der Waals surface area contributed by atoms with Crippen LogP contribution in [0.3, 0.4) is 0 Å². The first kappa shape index (κ1) is 15.0. The van der Waals surface area contributed by atoms with Gasteiger partial charge in [0.15, 0.2) is 0 Å². The standard InChI is InChI=1S/C14H26N2O2/c1-10(2)6-7-15-11-8-12(9-11)16-13(17)18-14(3,4)5/h6,11-12,15H,7-9H2,1-5H3,(H,16,17). The average molecular weight is 254 g/mol. The molecule has 0 heterocycles. The highest BCUT2D eigenvalue weighted by Crippen LogP contribution is 2.20. The summed E-state index contributed by atoms with van der Waals surface area (Å²) >= 11 is 0. The van der Waals surface area contributed by atoms with Crippen LogP contribution in [0.15, 0.2) is 11.6 Å². The minimum Gasteiger partial charge on any atom is -0.444 e. The molecule has 1 saturated carbocycles. The molecule has 18 heavy (non-hydrogen) atoms. The molecule has 0 aromatic rings. The summed E-state index contributed by atoms with van der Waals surface area (Å²) in [5.41, 5.74) is 0.903. The van der Waals surface area contributed by atoms with E-state index in [2.05, 4.69) is 30.6 Å². The van der Waals surface area contributed by atoms with Crippen LogP contribution in [0.5, 0.6) is 0 Å². The van der Waals surface area contributed by atoms with Gasteiger partial charge in [-0.2, -0.15) is 0 Å². The van der Waals surface area contributed by atoms with Gasteiger partial charge in [-0.05, 0) is 47.5 Å². The van der Waals surface area contributed by atoms with Gasteiger partial charge in [-0.25, -0.2) is 4.79 Å². The molecule has 104 valence electrons. The molecule has 0 unspecified atom stereocenters. The normalized spacial score (nSPS) is 22.9.